The first-order valence-electron chi connectivity index (χ1n) is 6.70. The molecule has 94 valence electrons. The predicted molar refractivity (Wildman–Crippen MR) is 73.5 cm³/mol. The van der Waals surface area contributed by atoms with Gasteiger partial charge in [-0.15, -0.1) is 0 Å². The van der Waals surface area contributed by atoms with E-state index in [1.807, 2.05) is 0 Å². The third-order valence-corrected chi connectivity index (χ3v) is 3.38. The highest BCUT2D eigenvalue weighted by molar-refractivity contribution is 5.72. The molecule has 1 atom stereocenters. The summed E-state index contributed by atoms with van der Waals surface area (Å²) in [5.74, 6) is 0.970. The van der Waals surface area contributed by atoms with Crippen molar-refractivity contribution in [1.82, 2.24) is 0 Å². The number of allylic oxidation sites excluding steroid dienone is 1. The van der Waals surface area contributed by atoms with E-state index in [4.69, 9.17) is 9.47 Å². The van der Waals surface area contributed by atoms with Gasteiger partial charge in [-0.25, -0.2) is 0 Å². The molecule has 1 aromatic rings. The van der Waals surface area contributed by atoms with Crippen molar-refractivity contribution in [1.29, 1.82) is 0 Å². The van der Waals surface area contributed by atoms with Crippen LogP contribution < -0.4 is 15.2 Å². The van der Waals surface area contributed by atoms with Gasteiger partial charge < -0.3 is 9.47 Å². The van der Waals surface area contributed by atoms with E-state index in [9.17, 15) is 0 Å². The fourth-order valence-electron chi connectivity index (χ4n) is 2.39. The van der Waals surface area contributed by atoms with Crippen LogP contribution in [0.4, 0.5) is 0 Å². The molecule has 1 unspecified atom stereocenters. The van der Waals surface area contributed by atoms with Gasteiger partial charge in [-0.2, -0.15) is 0 Å². The van der Waals surface area contributed by atoms with Gasteiger partial charge in [-0.1, -0.05) is 50.1 Å². The third-order valence-electron chi connectivity index (χ3n) is 3.38. The third kappa shape index (κ3) is 2.08. The fourth-order valence-corrected chi connectivity index (χ4v) is 2.39. The molecule has 0 N–H and O–H groups in total. The standard InChI is InChI=1S/C16H18O2/c1-2-3-4-10-17-15-11-13-9-8-12-6-5-7-14(12)16(13)18-15/h5-9,11,15H,2-4,10H2,1H3. The maximum Gasteiger partial charge on any atom is 0.220 e. The smallest absolute Gasteiger partial charge is 0.220 e. The lowest BCUT2D eigenvalue weighted by molar-refractivity contribution is -0.0308. The predicted octanol–water partition coefficient (Wildman–Crippen LogP) is 2.20. The normalized spacial score (nSPS) is 18.8. The minimum atomic E-state index is -0.211. The molecule has 0 bridgehead atoms. The Hall–Kier alpha value is -1.54. The van der Waals surface area contributed by atoms with E-state index < -0.39 is 0 Å². The molecule has 0 fully saturated rings. The van der Waals surface area contributed by atoms with Crippen molar-refractivity contribution in [3.8, 4) is 5.75 Å². The molecule has 1 heterocycles. The molecule has 0 aromatic heterocycles. The van der Waals surface area contributed by atoms with Crippen LogP contribution in [-0.2, 0) is 4.74 Å². The highest BCUT2D eigenvalue weighted by Crippen LogP contribution is 2.20. The summed E-state index contributed by atoms with van der Waals surface area (Å²) in [6.07, 6.45) is 11.6. The molecule has 0 amide bonds. The van der Waals surface area contributed by atoms with Gasteiger partial charge in [0.15, 0.2) is 0 Å². The summed E-state index contributed by atoms with van der Waals surface area (Å²) in [4.78, 5) is 0. The lowest BCUT2D eigenvalue weighted by Crippen LogP contribution is -2.16. The van der Waals surface area contributed by atoms with Crippen LogP contribution in [0.2, 0.25) is 0 Å². The van der Waals surface area contributed by atoms with Gasteiger partial charge in [0, 0.05) is 10.8 Å². The van der Waals surface area contributed by atoms with Crippen LogP contribution in [-0.4, -0.2) is 12.9 Å². The van der Waals surface area contributed by atoms with Gasteiger partial charge >= 0.3 is 0 Å². The molecular weight excluding hydrogens is 224 g/mol. The Morgan fingerprint density at radius 3 is 3.00 bits per heavy atom. The summed E-state index contributed by atoms with van der Waals surface area (Å²) in [7, 11) is 0. The Balaban J connectivity index is 1.71. The van der Waals surface area contributed by atoms with Crippen LogP contribution in [0.25, 0.3) is 18.2 Å². The first kappa shape index (κ1) is 11.5. The quantitative estimate of drug-likeness (QED) is 0.737. The van der Waals surface area contributed by atoms with E-state index in [1.165, 1.54) is 23.6 Å². The number of benzene rings is 1. The zero-order valence-corrected chi connectivity index (χ0v) is 10.7. The van der Waals surface area contributed by atoms with Crippen molar-refractivity contribution in [3.05, 3.63) is 34.2 Å². The zero-order valence-electron chi connectivity index (χ0n) is 10.7. The number of rotatable bonds is 5. The second-order valence-electron chi connectivity index (χ2n) is 4.74. The number of ether oxygens (including phenoxy) is 2. The summed E-state index contributed by atoms with van der Waals surface area (Å²) in [6.45, 7) is 2.97. The molecule has 1 aromatic carbocycles. The topological polar surface area (TPSA) is 18.5 Å². The number of fused-ring (bicyclic) bond motifs is 3. The average Bonchev–Trinajstić information content (AvgIpc) is 2.99. The van der Waals surface area contributed by atoms with Crippen LogP contribution in [0, 0.1) is 0 Å². The molecule has 2 aliphatic rings. The van der Waals surface area contributed by atoms with Crippen LogP contribution in [0.1, 0.15) is 31.7 Å². The Bertz CT molecular complexity index is 584. The van der Waals surface area contributed by atoms with Crippen molar-refractivity contribution in [3.63, 3.8) is 0 Å². The maximum absolute atomic E-state index is 5.88. The average molecular weight is 242 g/mol. The molecule has 0 spiro atoms. The highest BCUT2D eigenvalue weighted by Gasteiger charge is 2.19. The first-order chi connectivity index (χ1) is 8.88. The summed E-state index contributed by atoms with van der Waals surface area (Å²) < 4.78 is 11.6. The number of unbranched alkanes of at least 4 members (excludes halogenated alkanes) is 2. The van der Waals surface area contributed by atoms with Crippen molar-refractivity contribution in [2.75, 3.05) is 6.61 Å². The summed E-state index contributed by atoms with van der Waals surface area (Å²) in [5.41, 5.74) is 1.18. The van der Waals surface area contributed by atoms with E-state index in [0.29, 0.717) is 0 Å². The Labute approximate surface area is 107 Å². The fraction of sp³-hybridized carbons (Fsp3) is 0.375. The lowest BCUT2D eigenvalue weighted by atomic mass is 10.1. The zero-order chi connectivity index (χ0) is 12.4. The molecule has 2 nitrogen and oxygen atoms in total. The SMILES string of the molecule is CCCCCOC1C=c2ccc3c(c2O1)C=CC=3. The summed E-state index contributed by atoms with van der Waals surface area (Å²) >= 11 is 0. The minimum absolute atomic E-state index is 0.211. The van der Waals surface area contributed by atoms with Crippen LogP contribution in [0.3, 0.4) is 0 Å². The number of hydrogen-bond acceptors (Lipinski definition) is 2. The molecule has 1 aliphatic carbocycles. The Kier molecular flexibility index (Phi) is 3.20. The van der Waals surface area contributed by atoms with Crippen molar-refractivity contribution in [2.45, 2.75) is 32.5 Å². The molecule has 2 heteroatoms. The largest absolute Gasteiger partial charge is 0.460 e. The van der Waals surface area contributed by atoms with Crippen molar-refractivity contribution >= 4 is 18.2 Å². The second kappa shape index (κ2) is 4.99. The van der Waals surface area contributed by atoms with Gasteiger partial charge in [0.25, 0.3) is 0 Å². The van der Waals surface area contributed by atoms with Gasteiger partial charge in [-0.3, -0.25) is 0 Å². The summed E-state index contributed by atoms with van der Waals surface area (Å²) in [6, 6.07) is 4.24. The van der Waals surface area contributed by atoms with Gasteiger partial charge in [0.1, 0.15) is 5.75 Å². The Morgan fingerprint density at radius 2 is 2.11 bits per heavy atom. The molecule has 0 saturated carbocycles. The van der Waals surface area contributed by atoms with Crippen molar-refractivity contribution in [2.24, 2.45) is 0 Å². The van der Waals surface area contributed by atoms with Crippen LogP contribution in [0.15, 0.2) is 18.2 Å². The highest BCUT2D eigenvalue weighted by atomic mass is 16.7. The van der Waals surface area contributed by atoms with Crippen LogP contribution in [0.5, 0.6) is 5.75 Å². The monoisotopic (exact) mass is 242 g/mol. The van der Waals surface area contributed by atoms with Crippen LogP contribution >= 0.6 is 0 Å². The molecule has 18 heavy (non-hydrogen) atoms. The Morgan fingerprint density at radius 1 is 1.22 bits per heavy atom. The second-order valence-corrected chi connectivity index (χ2v) is 4.74. The lowest BCUT2D eigenvalue weighted by Gasteiger charge is -2.12. The maximum atomic E-state index is 5.88. The van der Waals surface area contributed by atoms with E-state index in [-0.39, 0.29) is 6.29 Å². The van der Waals surface area contributed by atoms with Gasteiger partial charge in [0.2, 0.25) is 6.29 Å². The molecule has 0 radical (unpaired) electrons. The molecular formula is C16H18O2. The molecule has 0 saturated heterocycles. The first-order valence-corrected chi connectivity index (χ1v) is 6.70. The van der Waals surface area contributed by atoms with Crippen molar-refractivity contribution < 1.29 is 9.47 Å². The molecule has 1 aliphatic heterocycles. The van der Waals surface area contributed by atoms with E-state index in [0.717, 1.165) is 24.0 Å². The van der Waals surface area contributed by atoms with E-state index >= 15 is 0 Å². The number of hydrogen-bond donors (Lipinski definition) is 0. The van der Waals surface area contributed by atoms with Gasteiger partial charge in [-0.05, 0) is 17.7 Å². The van der Waals surface area contributed by atoms with E-state index in [1.54, 1.807) is 0 Å². The minimum Gasteiger partial charge on any atom is -0.460 e. The molecule has 3 rings (SSSR count). The summed E-state index contributed by atoms with van der Waals surface area (Å²) in [5, 5.41) is 2.38. The van der Waals surface area contributed by atoms with Gasteiger partial charge in [0.05, 0.1) is 6.61 Å². The van der Waals surface area contributed by atoms with E-state index in [2.05, 4.69) is 43.4 Å².